The highest BCUT2D eigenvalue weighted by atomic mass is 79.9. The second-order valence-electron chi connectivity index (χ2n) is 6.17. The predicted octanol–water partition coefficient (Wildman–Crippen LogP) is 4.20. The van der Waals surface area contributed by atoms with Crippen molar-refractivity contribution in [2.75, 3.05) is 25.6 Å². The highest BCUT2D eigenvalue weighted by molar-refractivity contribution is 9.10. The van der Waals surface area contributed by atoms with Crippen molar-refractivity contribution in [3.63, 3.8) is 0 Å². The molecule has 0 aliphatic carbocycles. The lowest BCUT2D eigenvalue weighted by Crippen LogP contribution is -2.24. The zero-order valence-corrected chi connectivity index (χ0v) is 16.7. The van der Waals surface area contributed by atoms with E-state index in [0.29, 0.717) is 5.75 Å². The lowest BCUT2D eigenvalue weighted by Gasteiger charge is -2.11. The molecular formula is C21H20BrN3O2. The molecule has 3 aromatic rings. The maximum absolute atomic E-state index is 12.0. The summed E-state index contributed by atoms with van der Waals surface area (Å²) >= 11 is 3.54. The van der Waals surface area contributed by atoms with Crippen molar-refractivity contribution in [2.45, 2.75) is 0 Å². The molecule has 1 amide bonds. The first-order valence-corrected chi connectivity index (χ1v) is 9.23. The number of rotatable bonds is 6. The molecule has 1 N–H and O–H groups in total. The van der Waals surface area contributed by atoms with E-state index in [-0.39, 0.29) is 12.5 Å². The molecule has 0 spiro atoms. The van der Waals surface area contributed by atoms with Gasteiger partial charge in [0.1, 0.15) is 5.75 Å². The molecule has 3 rings (SSSR count). The van der Waals surface area contributed by atoms with Gasteiger partial charge in [-0.15, -0.1) is 0 Å². The minimum Gasteiger partial charge on any atom is -0.483 e. The molecule has 0 aromatic heterocycles. The summed E-state index contributed by atoms with van der Waals surface area (Å²) in [4.78, 5) is 14.0. The number of ether oxygens (including phenoxy) is 1. The van der Waals surface area contributed by atoms with Crippen LogP contribution in [0.2, 0.25) is 0 Å². The zero-order valence-electron chi connectivity index (χ0n) is 15.1. The molecule has 0 unspecified atom stereocenters. The fraction of sp³-hybridized carbons (Fsp3) is 0.143. The fourth-order valence-electron chi connectivity index (χ4n) is 2.54. The third-order valence-electron chi connectivity index (χ3n) is 4.00. The van der Waals surface area contributed by atoms with Crippen molar-refractivity contribution in [1.82, 2.24) is 5.43 Å². The molecule has 0 atom stereocenters. The number of halogens is 1. The third kappa shape index (κ3) is 4.86. The molecule has 3 aromatic carbocycles. The number of carbonyl (C=O) groups excluding carboxylic acids is 1. The van der Waals surface area contributed by atoms with Gasteiger partial charge in [-0.05, 0) is 50.5 Å². The molecule has 0 heterocycles. The van der Waals surface area contributed by atoms with E-state index in [1.54, 1.807) is 6.21 Å². The van der Waals surface area contributed by atoms with Gasteiger partial charge in [0.25, 0.3) is 5.91 Å². The monoisotopic (exact) mass is 425 g/mol. The van der Waals surface area contributed by atoms with E-state index in [0.717, 1.165) is 26.5 Å². The number of nitrogens with zero attached hydrogens (tertiary/aromatic N) is 2. The molecule has 6 heteroatoms. The second-order valence-corrected chi connectivity index (χ2v) is 6.96. The maximum atomic E-state index is 12.0. The van der Waals surface area contributed by atoms with Gasteiger partial charge in [0.2, 0.25) is 0 Å². The number of anilines is 1. The summed E-state index contributed by atoms with van der Waals surface area (Å²) in [7, 11) is 3.97. The Morgan fingerprint density at radius 3 is 2.59 bits per heavy atom. The van der Waals surface area contributed by atoms with E-state index >= 15 is 0 Å². The average Bonchev–Trinajstić information content (AvgIpc) is 2.68. The van der Waals surface area contributed by atoms with Crippen LogP contribution < -0.4 is 15.1 Å². The third-order valence-corrected chi connectivity index (χ3v) is 4.82. The Morgan fingerprint density at radius 1 is 1.11 bits per heavy atom. The van der Waals surface area contributed by atoms with Crippen molar-refractivity contribution in [3.8, 4) is 5.75 Å². The Kier molecular flexibility index (Phi) is 6.08. The summed E-state index contributed by atoms with van der Waals surface area (Å²) in [6.45, 7) is -0.117. The molecule has 5 nitrogen and oxygen atoms in total. The minimum atomic E-state index is -0.323. The van der Waals surface area contributed by atoms with Gasteiger partial charge in [0, 0.05) is 19.8 Å². The first kappa shape index (κ1) is 18.9. The first-order valence-electron chi connectivity index (χ1n) is 8.44. The minimum absolute atomic E-state index is 0.117. The predicted molar refractivity (Wildman–Crippen MR) is 114 cm³/mol. The summed E-state index contributed by atoms with van der Waals surface area (Å²) in [5.41, 5.74) is 4.48. The zero-order chi connectivity index (χ0) is 19.2. The van der Waals surface area contributed by atoms with Crippen LogP contribution in [0.3, 0.4) is 0 Å². The van der Waals surface area contributed by atoms with Gasteiger partial charge >= 0.3 is 0 Å². The van der Waals surface area contributed by atoms with Crippen molar-refractivity contribution in [1.29, 1.82) is 0 Å². The van der Waals surface area contributed by atoms with Crippen LogP contribution in [0.4, 0.5) is 5.69 Å². The van der Waals surface area contributed by atoms with Crippen LogP contribution in [-0.4, -0.2) is 32.8 Å². The van der Waals surface area contributed by atoms with E-state index < -0.39 is 0 Å². The van der Waals surface area contributed by atoms with Crippen LogP contribution >= 0.6 is 15.9 Å². The van der Waals surface area contributed by atoms with Crippen LogP contribution in [0, 0.1) is 0 Å². The highest BCUT2D eigenvalue weighted by Crippen LogP contribution is 2.32. The summed E-state index contributed by atoms with van der Waals surface area (Å²) in [5.74, 6) is 0.295. The molecule has 138 valence electrons. The van der Waals surface area contributed by atoms with E-state index in [1.165, 1.54) is 0 Å². The molecule has 0 fully saturated rings. The van der Waals surface area contributed by atoms with Crippen molar-refractivity contribution in [2.24, 2.45) is 5.10 Å². The Bertz CT molecular complexity index is 969. The van der Waals surface area contributed by atoms with Gasteiger partial charge in [-0.25, -0.2) is 5.43 Å². The fourth-order valence-corrected chi connectivity index (χ4v) is 3.15. The highest BCUT2D eigenvalue weighted by Gasteiger charge is 2.08. The van der Waals surface area contributed by atoms with Gasteiger partial charge in [0.05, 0.1) is 10.7 Å². The summed E-state index contributed by atoms with van der Waals surface area (Å²) < 4.78 is 6.44. The summed E-state index contributed by atoms with van der Waals surface area (Å²) in [6.07, 6.45) is 1.60. The van der Waals surface area contributed by atoms with Crippen LogP contribution in [0.1, 0.15) is 5.56 Å². The number of hydrazone groups is 1. The van der Waals surface area contributed by atoms with Crippen molar-refractivity contribution in [3.05, 3.63) is 70.7 Å². The number of benzene rings is 3. The van der Waals surface area contributed by atoms with E-state index in [9.17, 15) is 4.79 Å². The number of hydrogen-bond donors (Lipinski definition) is 1. The molecule has 0 aliphatic heterocycles. The van der Waals surface area contributed by atoms with Gasteiger partial charge < -0.3 is 9.64 Å². The van der Waals surface area contributed by atoms with Crippen LogP contribution in [0.25, 0.3) is 10.8 Å². The van der Waals surface area contributed by atoms with Crippen LogP contribution in [0.15, 0.2) is 70.2 Å². The van der Waals surface area contributed by atoms with Crippen molar-refractivity contribution < 1.29 is 9.53 Å². The lowest BCUT2D eigenvalue weighted by molar-refractivity contribution is -0.123. The van der Waals surface area contributed by atoms with Gasteiger partial charge in [-0.3, -0.25) is 4.79 Å². The van der Waals surface area contributed by atoms with Crippen LogP contribution in [0.5, 0.6) is 5.75 Å². The summed E-state index contributed by atoms with van der Waals surface area (Å²) in [6, 6.07) is 19.6. The van der Waals surface area contributed by atoms with Gasteiger partial charge in [-0.2, -0.15) is 5.10 Å². The number of fused-ring (bicyclic) bond motifs is 1. The van der Waals surface area contributed by atoms with Gasteiger partial charge in [-0.1, -0.05) is 42.5 Å². The molecule has 0 aliphatic rings. The van der Waals surface area contributed by atoms with Gasteiger partial charge in [0.15, 0.2) is 6.61 Å². The lowest BCUT2D eigenvalue weighted by atomic mass is 10.1. The quantitative estimate of drug-likeness (QED) is 0.475. The molecule has 0 saturated heterocycles. The SMILES string of the molecule is CN(C)c1ccc(C=NNC(=O)COc2ccc3ccccc3c2Br)cc1. The molecule has 0 bridgehead atoms. The molecular weight excluding hydrogens is 406 g/mol. The first-order chi connectivity index (χ1) is 13.0. The maximum Gasteiger partial charge on any atom is 0.277 e. The smallest absolute Gasteiger partial charge is 0.277 e. The number of amides is 1. The average molecular weight is 426 g/mol. The van der Waals surface area contributed by atoms with E-state index in [4.69, 9.17) is 4.74 Å². The molecule has 0 saturated carbocycles. The molecule has 0 radical (unpaired) electrons. The van der Waals surface area contributed by atoms with E-state index in [1.807, 2.05) is 79.7 Å². The topological polar surface area (TPSA) is 53.9 Å². The number of hydrogen-bond acceptors (Lipinski definition) is 4. The molecule has 27 heavy (non-hydrogen) atoms. The van der Waals surface area contributed by atoms with Crippen molar-refractivity contribution >= 4 is 44.5 Å². The second kappa shape index (κ2) is 8.68. The standard InChI is InChI=1S/C21H20BrN3O2/c1-25(2)17-10-7-15(8-11-17)13-23-24-20(26)14-27-19-12-9-16-5-3-4-6-18(16)21(19)22/h3-13H,14H2,1-2H3,(H,24,26). The Balaban J connectivity index is 1.54. The van der Waals surface area contributed by atoms with Crippen LogP contribution in [-0.2, 0) is 4.79 Å². The number of carbonyl (C=O) groups is 1. The Morgan fingerprint density at radius 2 is 1.85 bits per heavy atom. The number of nitrogens with one attached hydrogen (secondary N) is 1. The Hall–Kier alpha value is -2.86. The van der Waals surface area contributed by atoms with E-state index in [2.05, 4.69) is 26.5 Å². The summed E-state index contributed by atoms with van der Waals surface area (Å²) in [5, 5.41) is 6.11. The Labute approximate surface area is 166 Å². The normalized spacial score (nSPS) is 10.9. The largest absolute Gasteiger partial charge is 0.483 e.